The lowest BCUT2D eigenvalue weighted by Crippen LogP contribution is -1.90. The van der Waals surface area contributed by atoms with Gasteiger partial charge in [0.25, 0.3) is 0 Å². The number of halogens is 1. The van der Waals surface area contributed by atoms with E-state index in [0.29, 0.717) is 0 Å². The van der Waals surface area contributed by atoms with E-state index in [4.69, 9.17) is 4.98 Å². The molecule has 3 aromatic carbocycles. The number of hydrogen-bond acceptors (Lipinski definition) is 1. The minimum absolute atomic E-state index is 1.01. The van der Waals surface area contributed by atoms with Gasteiger partial charge in [0.15, 0.2) is 0 Å². The smallest absolute Gasteiger partial charge is 0.0716 e. The summed E-state index contributed by atoms with van der Waals surface area (Å²) in [6.45, 7) is 0. The second-order valence-electron chi connectivity index (χ2n) is 5.45. The zero-order valence-electron chi connectivity index (χ0n) is 12.4. The molecule has 0 bridgehead atoms. The van der Waals surface area contributed by atoms with Crippen LogP contribution in [0.15, 0.2) is 84.9 Å². The Hall–Kier alpha value is -2.20. The SMILES string of the molecule is Ic1ccc2nc(-c3ccccc3)cc(-c3ccccc3)c2c1. The Labute approximate surface area is 149 Å². The van der Waals surface area contributed by atoms with E-state index in [-0.39, 0.29) is 0 Å². The Balaban J connectivity index is 2.04. The molecule has 0 unspecified atom stereocenters. The van der Waals surface area contributed by atoms with Crippen molar-refractivity contribution in [2.45, 2.75) is 0 Å². The fraction of sp³-hybridized carbons (Fsp3) is 0. The van der Waals surface area contributed by atoms with Gasteiger partial charge in [-0.05, 0) is 58.0 Å². The summed E-state index contributed by atoms with van der Waals surface area (Å²) in [7, 11) is 0. The number of nitrogens with zero attached hydrogens (tertiary/aromatic N) is 1. The second kappa shape index (κ2) is 6.13. The van der Waals surface area contributed by atoms with Crippen molar-refractivity contribution in [2.24, 2.45) is 0 Å². The zero-order chi connectivity index (χ0) is 15.6. The molecule has 1 aromatic heterocycles. The zero-order valence-corrected chi connectivity index (χ0v) is 14.6. The topological polar surface area (TPSA) is 12.9 Å². The molecule has 0 aliphatic carbocycles. The molecule has 0 aliphatic rings. The molecule has 0 amide bonds. The predicted octanol–water partition coefficient (Wildman–Crippen LogP) is 6.17. The first kappa shape index (κ1) is 14.4. The lowest BCUT2D eigenvalue weighted by atomic mass is 9.98. The number of benzene rings is 3. The van der Waals surface area contributed by atoms with E-state index in [1.807, 2.05) is 6.07 Å². The average Bonchev–Trinajstić information content (AvgIpc) is 2.62. The van der Waals surface area contributed by atoms with Gasteiger partial charge in [0.2, 0.25) is 0 Å². The van der Waals surface area contributed by atoms with Crippen molar-refractivity contribution in [2.75, 3.05) is 0 Å². The van der Waals surface area contributed by atoms with Crippen LogP contribution in [0.25, 0.3) is 33.3 Å². The van der Waals surface area contributed by atoms with E-state index < -0.39 is 0 Å². The summed E-state index contributed by atoms with van der Waals surface area (Å²) in [5.41, 5.74) is 5.64. The van der Waals surface area contributed by atoms with E-state index in [9.17, 15) is 0 Å². The largest absolute Gasteiger partial charge is 0.248 e. The van der Waals surface area contributed by atoms with E-state index in [0.717, 1.165) is 16.8 Å². The van der Waals surface area contributed by atoms with Crippen LogP contribution in [-0.4, -0.2) is 4.98 Å². The third kappa shape index (κ3) is 2.86. The summed E-state index contributed by atoms with van der Waals surface area (Å²) >= 11 is 2.36. The van der Waals surface area contributed by atoms with Crippen molar-refractivity contribution in [1.82, 2.24) is 4.98 Å². The first-order valence-electron chi connectivity index (χ1n) is 7.52. The van der Waals surface area contributed by atoms with Gasteiger partial charge in [-0.2, -0.15) is 0 Å². The van der Waals surface area contributed by atoms with Crippen LogP contribution in [0, 0.1) is 3.57 Å². The number of rotatable bonds is 2. The lowest BCUT2D eigenvalue weighted by Gasteiger charge is -2.11. The van der Waals surface area contributed by atoms with Crippen molar-refractivity contribution in [3.63, 3.8) is 0 Å². The molecule has 1 heterocycles. The van der Waals surface area contributed by atoms with E-state index >= 15 is 0 Å². The Morgan fingerprint density at radius 1 is 0.652 bits per heavy atom. The monoisotopic (exact) mass is 407 g/mol. The molecule has 4 rings (SSSR count). The molecule has 4 aromatic rings. The van der Waals surface area contributed by atoms with Crippen LogP contribution in [-0.2, 0) is 0 Å². The maximum absolute atomic E-state index is 4.87. The van der Waals surface area contributed by atoms with Crippen molar-refractivity contribution < 1.29 is 0 Å². The Kier molecular flexibility index (Phi) is 3.83. The average molecular weight is 407 g/mol. The highest BCUT2D eigenvalue weighted by Crippen LogP contribution is 2.32. The fourth-order valence-corrected chi connectivity index (χ4v) is 3.30. The summed E-state index contributed by atoms with van der Waals surface area (Å²) in [6.07, 6.45) is 0. The molecule has 0 saturated carbocycles. The van der Waals surface area contributed by atoms with Crippen molar-refractivity contribution >= 4 is 33.5 Å². The third-order valence-corrected chi connectivity index (χ3v) is 4.60. The molecular formula is C21H14IN. The Morgan fingerprint density at radius 2 is 1.30 bits per heavy atom. The van der Waals surface area contributed by atoms with Gasteiger partial charge in [-0.1, -0.05) is 60.7 Å². The number of aromatic nitrogens is 1. The number of hydrogen-bond donors (Lipinski definition) is 0. The quantitative estimate of drug-likeness (QED) is 0.362. The summed E-state index contributed by atoms with van der Waals surface area (Å²) in [5.74, 6) is 0. The van der Waals surface area contributed by atoms with Gasteiger partial charge in [-0.15, -0.1) is 0 Å². The third-order valence-electron chi connectivity index (χ3n) is 3.93. The molecule has 110 valence electrons. The highest BCUT2D eigenvalue weighted by Gasteiger charge is 2.09. The summed E-state index contributed by atoms with van der Waals surface area (Å²) in [6, 6.07) is 29.5. The molecule has 23 heavy (non-hydrogen) atoms. The van der Waals surface area contributed by atoms with Gasteiger partial charge in [0.1, 0.15) is 0 Å². The summed E-state index contributed by atoms with van der Waals surface area (Å²) in [4.78, 5) is 4.87. The molecule has 1 nitrogen and oxygen atoms in total. The van der Waals surface area contributed by atoms with E-state index in [2.05, 4.69) is 101 Å². The number of pyridine rings is 1. The van der Waals surface area contributed by atoms with Crippen LogP contribution in [0.5, 0.6) is 0 Å². The standard InChI is InChI=1S/C21H14IN/c22-17-11-12-20-19(13-17)18(15-7-3-1-4-8-15)14-21(23-20)16-9-5-2-6-10-16/h1-14H. The van der Waals surface area contributed by atoms with Crippen molar-refractivity contribution in [3.8, 4) is 22.4 Å². The van der Waals surface area contributed by atoms with Crippen LogP contribution < -0.4 is 0 Å². The molecule has 0 aliphatic heterocycles. The van der Waals surface area contributed by atoms with Gasteiger partial charge in [-0.3, -0.25) is 0 Å². The van der Waals surface area contributed by atoms with Crippen molar-refractivity contribution in [1.29, 1.82) is 0 Å². The van der Waals surface area contributed by atoms with Gasteiger partial charge in [-0.25, -0.2) is 4.98 Å². The molecule has 0 radical (unpaired) electrons. The fourth-order valence-electron chi connectivity index (χ4n) is 2.81. The summed E-state index contributed by atoms with van der Waals surface area (Å²) < 4.78 is 1.22. The molecule has 0 N–H and O–H groups in total. The summed E-state index contributed by atoms with van der Waals surface area (Å²) in [5, 5.41) is 1.20. The normalized spacial score (nSPS) is 10.8. The molecular weight excluding hydrogens is 393 g/mol. The molecule has 0 spiro atoms. The minimum atomic E-state index is 1.01. The Morgan fingerprint density at radius 3 is 2.00 bits per heavy atom. The minimum Gasteiger partial charge on any atom is -0.248 e. The predicted molar refractivity (Wildman–Crippen MR) is 105 cm³/mol. The first-order valence-corrected chi connectivity index (χ1v) is 8.60. The molecule has 2 heteroatoms. The maximum Gasteiger partial charge on any atom is 0.0716 e. The van der Waals surface area contributed by atoms with Gasteiger partial charge >= 0.3 is 0 Å². The Bertz CT molecular complexity index is 963. The van der Waals surface area contributed by atoms with Gasteiger partial charge in [0, 0.05) is 14.5 Å². The van der Waals surface area contributed by atoms with Crippen molar-refractivity contribution in [3.05, 3.63) is 88.5 Å². The lowest BCUT2D eigenvalue weighted by molar-refractivity contribution is 1.39. The van der Waals surface area contributed by atoms with Crippen LogP contribution in [0.2, 0.25) is 0 Å². The first-order chi connectivity index (χ1) is 11.3. The maximum atomic E-state index is 4.87. The van der Waals surface area contributed by atoms with Crippen LogP contribution >= 0.6 is 22.6 Å². The van der Waals surface area contributed by atoms with Crippen LogP contribution in [0.4, 0.5) is 0 Å². The molecule has 0 saturated heterocycles. The highest BCUT2D eigenvalue weighted by molar-refractivity contribution is 14.1. The van der Waals surface area contributed by atoms with Crippen LogP contribution in [0.1, 0.15) is 0 Å². The molecule has 0 atom stereocenters. The van der Waals surface area contributed by atoms with Crippen LogP contribution in [0.3, 0.4) is 0 Å². The van der Waals surface area contributed by atoms with Gasteiger partial charge < -0.3 is 0 Å². The highest BCUT2D eigenvalue weighted by atomic mass is 127. The van der Waals surface area contributed by atoms with E-state index in [1.165, 1.54) is 20.1 Å². The molecule has 0 fully saturated rings. The second-order valence-corrected chi connectivity index (χ2v) is 6.69. The van der Waals surface area contributed by atoms with E-state index in [1.54, 1.807) is 0 Å². The van der Waals surface area contributed by atoms with Gasteiger partial charge in [0.05, 0.1) is 11.2 Å². The number of fused-ring (bicyclic) bond motifs is 1.